The van der Waals surface area contributed by atoms with E-state index in [4.69, 9.17) is 28.3 Å². The van der Waals surface area contributed by atoms with Gasteiger partial charge in [0.25, 0.3) is 0 Å². The molecular weight excluding hydrogens is 298 g/mol. The van der Waals surface area contributed by atoms with Crippen molar-refractivity contribution in [1.82, 2.24) is 9.78 Å². The van der Waals surface area contributed by atoms with E-state index in [1.807, 2.05) is 0 Å². The van der Waals surface area contributed by atoms with Crippen molar-refractivity contribution in [2.75, 3.05) is 0 Å². The minimum Gasteiger partial charge on any atom is -0.476 e. The summed E-state index contributed by atoms with van der Waals surface area (Å²) < 4.78 is 14.3. The minimum atomic E-state index is -1.46. The molecule has 2 aromatic rings. The molecule has 2 rings (SSSR count). The van der Waals surface area contributed by atoms with E-state index in [9.17, 15) is 14.0 Å². The molecular formula is C11H5Cl2FN2O3. The van der Waals surface area contributed by atoms with Crippen LogP contribution in [0.4, 0.5) is 4.39 Å². The van der Waals surface area contributed by atoms with Gasteiger partial charge in [0.1, 0.15) is 0 Å². The second-order valence-corrected chi connectivity index (χ2v) is 4.32. The van der Waals surface area contributed by atoms with Crippen molar-refractivity contribution in [2.45, 2.75) is 0 Å². The van der Waals surface area contributed by atoms with E-state index in [0.29, 0.717) is 0 Å². The summed E-state index contributed by atoms with van der Waals surface area (Å²) in [4.78, 5) is 22.1. The molecule has 0 atom stereocenters. The van der Waals surface area contributed by atoms with Crippen molar-refractivity contribution in [3.8, 4) is 5.69 Å². The van der Waals surface area contributed by atoms with Gasteiger partial charge in [0.2, 0.25) is 11.1 Å². The molecule has 0 fully saturated rings. The molecule has 1 aromatic heterocycles. The van der Waals surface area contributed by atoms with Gasteiger partial charge in [-0.2, -0.15) is 5.10 Å². The van der Waals surface area contributed by atoms with Crippen LogP contribution in [0, 0.1) is 5.82 Å². The first-order valence-electron chi connectivity index (χ1n) is 4.88. The number of carboxylic acids is 1. The van der Waals surface area contributed by atoms with Gasteiger partial charge >= 0.3 is 5.97 Å². The third-order valence-corrected chi connectivity index (χ3v) is 2.79. The third kappa shape index (κ3) is 2.59. The predicted molar refractivity (Wildman–Crippen MR) is 66.8 cm³/mol. The Morgan fingerprint density at radius 1 is 1.32 bits per heavy atom. The Balaban J connectivity index is 2.63. The van der Waals surface area contributed by atoms with Crippen LogP contribution in [0.3, 0.4) is 0 Å². The Hall–Kier alpha value is -1.92. The molecule has 0 saturated heterocycles. The average Bonchev–Trinajstić information content (AvgIpc) is 2.35. The topological polar surface area (TPSA) is 72.2 Å². The van der Waals surface area contributed by atoms with E-state index in [-0.39, 0.29) is 15.7 Å². The van der Waals surface area contributed by atoms with Gasteiger partial charge in [0.05, 0.1) is 15.7 Å². The summed E-state index contributed by atoms with van der Waals surface area (Å²) in [7, 11) is 0. The Bertz CT molecular complexity index is 707. The number of aromatic carboxylic acids is 1. The van der Waals surface area contributed by atoms with Crippen molar-refractivity contribution in [3.63, 3.8) is 0 Å². The predicted octanol–water partition coefficient (Wildman–Crippen LogP) is 2.38. The molecule has 0 aliphatic carbocycles. The number of rotatable bonds is 2. The van der Waals surface area contributed by atoms with Gasteiger partial charge in [-0.05, 0) is 12.1 Å². The quantitative estimate of drug-likeness (QED) is 0.865. The number of hydrogen-bond acceptors (Lipinski definition) is 3. The summed E-state index contributed by atoms with van der Waals surface area (Å²) in [5.74, 6) is -2.25. The van der Waals surface area contributed by atoms with Gasteiger partial charge in [-0.15, -0.1) is 0 Å². The normalized spacial score (nSPS) is 10.5. The highest BCUT2D eigenvalue weighted by atomic mass is 35.5. The van der Waals surface area contributed by atoms with Crippen molar-refractivity contribution in [2.24, 2.45) is 0 Å². The molecule has 1 N–H and O–H groups in total. The van der Waals surface area contributed by atoms with Gasteiger partial charge in [-0.1, -0.05) is 23.2 Å². The molecule has 0 spiro atoms. The molecule has 19 heavy (non-hydrogen) atoms. The Morgan fingerprint density at radius 3 is 2.42 bits per heavy atom. The van der Waals surface area contributed by atoms with Gasteiger partial charge in [-0.3, -0.25) is 4.79 Å². The van der Waals surface area contributed by atoms with Crippen LogP contribution in [0.5, 0.6) is 0 Å². The Labute approximate surface area is 115 Å². The van der Waals surface area contributed by atoms with Crippen molar-refractivity contribution in [3.05, 3.63) is 56.2 Å². The first-order valence-corrected chi connectivity index (χ1v) is 5.64. The minimum absolute atomic E-state index is 0.235. The first-order chi connectivity index (χ1) is 8.90. The van der Waals surface area contributed by atoms with Crippen LogP contribution < -0.4 is 5.43 Å². The summed E-state index contributed by atoms with van der Waals surface area (Å²) in [5.41, 5.74) is -1.15. The van der Waals surface area contributed by atoms with Crippen molar-refractivity contribution < 1.29 is 14.3 Å². The SMILES string of the molecule is O=C(O)c1nn(-c2cc(Cl)c(F)c(Cl)c2)ccc1=O. The number of nitrogens with zero attached hydrogens (tertiary/aromatic N) is 2. The maximum absolute atomic E-state index is 13.3. The fraction of sp³-hybridized carbons (Fsp3) is 0. The van der Waals surface area contributed by atoms with E-state index < -0.39 is 22.9 Å². The van der Waals surface area contributed by atoms with Gasteiger partial charge in [0, 0.05) is 12.3 Å². The summed E-state index contributed by atoms with van der Waals surface area (Å²) >= 11 is 11.2. The number of benzene rings is 1. The maximum atomic E-state index is 13.3. The molecule has 1 heterocycles. The Kier molecular flexibility index (Phi) is 3.55. The highest BCUT2D eigenvalue weighted by Crippen LogP contribution is 2.26. The second kappa shape index (κ2) is 4.99. The van der Waals surface area contributed by atoms with E-state index >= 15 is 0 Å². The monoisotopic (exact) mass is 302 g/mol. The lowest BCUT2D eigenvalue weighted by molar-refractivity contribution is 0.0687. The van der Waals surface area contributed by atoms with Gasteiger partial charge < -0.3 is 5.11 Å². The van der Waals surface area contributed by atoms with Crippen LogP contribution in [0.25, 0.3) is 5.69 Å². The molecule has 0 radical (unpaired) electrons. The summed E-state index contributed by atoms with van der Waals surface area (Å²) in [6, 6.07) is 3.46. The molecule has 0 saturated carbocycles. The molecule has 0 aliphatic rings. The van der Waals surface area contributed by atoms with E-state index in [0.717, 1.165) is 10.7 Å². The molecule has 8 heteroatoms. The number of hydrogen-bond donors (Lipinski definition) is 1. The van der Waals surface area contributed by atoms with Crippen LogP contribution in [-0.4, -0.2) is 20.9 Å². The summed E-state index contributed by atoms with van der Waals surface area (Å²) in [6.45, 7) is 0. The standard InChI is InChI=1S/C11H5Cl2FN2O3/c12-6-3-5(4-7(13)9(6)14)16-2-1-8(17)10(15-16)11(18)19/h1-4H,(H,18,19). The van der Waals surface area contributed by atoms with Crippen molar-refractivity contribution in [1.29, 1.82) is 0 Å². The average molecular weight is 303 g/mol. The lowest BCUT2D eigenvalue weighted by Gasteiger charge is -2.07. The zero-order valence-corrected chi connectivity index (χ0v) is 10.6. The van der Waals surface area contributed by atoms with Crippen LogP contribution in [0.2, 0.25) is 10.0 Å². The van der Waals surface area contributed by atoms with E-state index in [1.54, 1.807) is 0 Å². The van der Waals surface area contributed by atoms with E-state index in [1.165, 1.54) is 18.3 Å². The molecule has 0 bridgehead atoms. The summed E-state index contributed by atoms with van der Waals surface area (Å²) in [6.07, 6.45) is 1.23. The van der Waals surface area contributed by atoms with E-state index in [2.05, 4.69) is 5.10 Å². The van der Waals surface area contributed by atoms with Crippen LogP contribution in [-0.2, 0) is 0 Å². The molecule has 1 aromatic carbocycles. The lowest BCUT2D eigenvalue weighted by atomic mass is 10.3. The molecule has 5 nitrogen and oxygen atoms in total. The second-order valence-electron chi connectivity index (χ2n) is 3.50. The number of halogens is 3. The maximum Gasteiger partial charge on any atom is 0.360 e. The van der Waals surface area contributed by atoms with Crippen LogP contribution in [0.1, 0.15) is 10.5 Å². The number of carbonyl (C=O) groups is 1. The fourth-order valence-corrected chi connectivity index (χ4v) is 1.85. The zero-order chi connectivity index (χ0) is 14.2. The smallest absolute Gasteiger partial charge is 0.360 e. The number of carboxylic acid groups (broad SMARTS) is 1. The fourth-order valence-electron chi connectivity index (χ4n) is 1.37. The molecule has 0 amide bonds. The molecule has 0 aliphatic heterocycles. The highest BCUT2D eigenvalue weighted by molar-refractivity contribution is 6.35. The Morgan fingerprint density at radius 2 is 1.89 bits per heavy atom. The number of aromatic nitrogens is 2. The zero-order valence-electron chi connectivity index (χ0n) is 9.10. The molecule has 0 unspecified atom stereocenters. The molecule has 98 valence electrons. The van der Waals surface area contributed by atoms with Gasteiger partial charge in [-0.25, -0.2) is 13.9 Å². The third-order valence-electron chi connectivity index (χ3n) is 2.24. The lowest BCUT2D eigenvalue weighted by Crippen LogP contribution is -2.20. The highest BCUT2D eigenvalue weighted by Gasteiger charge is 2.13. The van der Waals surface area contributed by atoms with Crippen molar-refractivity contribution >= 4 is 29.2 Å². The largest absolute Gasteiger partial charge is 0.476 e. The van der Waals surface area contributed by atoms with Crippen LogP contribution >= 0.6 is 23.2 Å². The van der Waals surface area contributed by atoms with Crippen LogP contribution in [0.15, 0.2) is 29.2 Å². The first kappa shape index (κ1) is 13.5. The summed E-state index contributed by atoms with van der Waals surface area (Å²) in [5, 5.41) is 11.9. The van der Waals surface area contributed by atoms with Gasteiger partial charge in [0.15, 0.2) is 5.82 Å².